The van der Waals surface area contributed by atoms with Gasteiger partial charge in [0.2, 0.25) is 0 Å². The van der Waals surface area contributed by atoms with Gasteiger partial charge in [-0.1, -0.05) is 52.8 Å². The van der Waals surface area contributed by atoms with Gasteiger partial charge in [-0.15, -0.1) is 0 Å². The standard InChI is InChI=1S/C18H27NO4/c1-11(2)15(17(21)22)19-14(20)10-23-16-12(3)8-7-9-13(16)18(4,5)6/h7-9,11,15H,10H2,1-6H3,(H,19,20)(H,21,22)/p-1/t15-/m1/s1. The molecule has 0 radical (unpaired) electrons. The highest BCUT2D eigenvalue weighted by atomic mass is 16.5. The number of aliphatic carboxylic acids is 1. The number of carbonyl (C=O) groups is 2. The van der Waals surface area contributed by atoms with Crippen molar-refractivity contribution in [2.75, 3.05) is 6.61 Å². The van der Waals surface area contributed by atoms with Gasteiger partial charge < -0.3 is 20.0 Å². The summed E-state index contributed by atoms with van der Waals surface area (Å²) in [6.07, 6.45) is 0. The first-order chi connectivity index (χ1) is 10.5. The van der Waals surface area contributed by atoms with Crippen LogP contribution in [0.3, 0.4) is 0 Å². The predicted octanol–water partition coefficient (Wildman–Crippen LogP) is 1.56. The van der Waals surface area contributed by atoms with E-state index < -0.39 is 17.9 Å². The van der Waals surface area contributed by atoms with Gasteiger partial charge in [0, 0.05) is 0 Å². The molecule has 1 rings (SSSR count). The smallest absolute Gasteiger partial charge is 0.258 e. The van der Waals surface area contributed by atoms with E-state index in [2.05, 4.69) is 26.1 Å². The largest absolute Gasteiger partial charge is 0.548 e. The maximum absolute atomic E-state index is 12.0. The maximum atomic E-state index is 12.0. The number of benzene rings is 1. The van der Waals surface area contributed by atoms with E-state index in [-0.39, 0.29) is 17.9 Å². The second-order valence-corrected chi connectivity index (χ2v) is 7.10. The number of nitrogens with one attached hydrogen (secondary N) is 1. The van der Waals surface area contributed by atoms with E-state index in [0.717, 1.165) is 11.1 Å². The molecule has 1 amide bonds. The molecule has 5 nitrogen and oxygen atoms in total. The minimum atomic E-state index is -1.29. The van der Waals surface area contributed by atoms with Crippen molar-refractivity contribution in [3.63, 3.8) is 0 Å². The number of ether oxygens (including phenoxy) is 1. The van der Waals surface area contributed by atoms with Crippen LogP contribution in [0.2, 0.25) is 0 Å². The molecule has 5 heteroatoms. The molecule has 23 heavy (non-hydrogen) atoms. The van der Waals surface area contributed by atoms with Gasteiger partial charge in [-0.3, -0.25) is 4.79 Å². The molecule has 1 aromatic carbocycles. The Balaban J connectivity index is 2.83. The molecule has 0 aromatic heterocycles. The van der Waals surface area contributed by atoms with Crippen LogP contribution in [0.4, 0.5) is 0 Å². The zero-order valence-corrected chi connectivity index (χ0v) is 14.7. The Labute approximate surface area is 138 Å². The number of carbonyl (C=O) groups excluding carboxylic acids is 2. The van der Waals surface area contributed by atoms with Crippen LogP contribution in [-0.4, -0.2) is 24.5 Å². The fourth-order valence-electron chi connectivity index (χ4n) is 2.29. The molecule has 0 heterocycles. The molecule has 0 bridgehead atoms. The van der Waals surface area contributed by atoms with Crippen molar-refractivity contribution in [1.29, 1.82) is 0 Å². The number of para-hydroxylation sites is 1. The average molecular weight is 320 g/mol. The molecule has 1 atom stereocenters. The lowest BCUT2D eigenvalue weighted by Gasteiger charge is -2.25. The van der Waals surface area contributed by atoms with Crippen molar-refractivity contribution < 1.29 is 19.4 Å². The van der Waals surface area contributed by atoms with Gasteiger partial charge in [0.15, 0.2) is 6.61 Å². The van der Waals surface area contributed by atoms with Crippen LogP contribution < -0.4 is 15.2 Å². The van der Waals surface area contributed by atoms with Gasteiger partial charge in [-0.05, 0) is 29.4 Å². The lowest BCUT2D eigenvalue weighted by atomic mass is 9.85. The Hall–Kier alpha value is -2.04. The Morgan fingerprint density at radius 1 is 1.26 bits per heavy atom. The summed E-state index contributed by atoms with van der Waals surface area (Å²) < 4.78 is 5.69. The highest BCUT2D eigenvalue weighted by Crippen LogP contribution is 2.33. The Morgan fingerprint density at radius 2 is 1.87 bits per heavy atom. The second-order valence-electron chi connectivity index (χ2n) is 7.10. The summed E-state index contributed by atoms with van der Waals surface area (Å²) in [6, 6.07) is 4.82. The van der Waals surface area contributed by atoms with Crippen LogP contribution in [0.1, 0.15) is 45.7 Å². The Bertz CT molecular complexity index is 573. The van der Waals surface area contributed by atoms with E-state index in [0.29, 0.717) is 5.75 Å². The lowest BCUT2D eigenvalue weighted by molar-refractivity contribution is -0.309. The summed E-state index contributed by atoms with van der Waals surface area (Å²) in [7, 11) is 0. The molecule has 0 aliphatic heterocycles. The minimum Gasteiger partial charge on any atom is -0.548 e. The average Bonchev–Trinajstić information content (AvgIpc) is 2.41. The Morgan fingerprint density at radius 3 is 2.35 bits per heavy atom. The number of carboxylic acids is 1. The third-order valence-corrected chi connectivity index (χ3v) is 3.60. The van der Waals surface area contributed by atoms with Crippen LogP contribution in [-0.2, 0) is 15.0 Å². The minimum absolute atomic E-state index is 0.122. The quantitative estimate of drug-likeness (QED) is 0.863. The van der Waals surface area contributed by atoms with Crippen LogP contribution in [0.15, 0.2) is 18.2 Å². The van der Waals surface area contributed by atoms with Crippen molar-refractivity contribution >= 4 is 11.9 Å². The van der Waals surface area contributed by atoms with Gasteiger partial charge in [-0.25, -0.2) is 0 Å². The van der Waals surface area contributed by atoms with E-state index >= 15 is 0 Å². The van der Waals surface area contributed by atoms with Gasteiger partial charge in [-0.2, -0.15) is 0 Å². The number of aryl methyl sites for hydroxylation is 1. The van der Waals surface area contributed by atoms with E-state index in [1.54, 1.807) is 13.8 Å². The molecule has 1 N–H and O–H groups in total. The molecule has 0 aliphatic carbocycles. The first kappa shape index (κ1) is 19.0. The van der Waals surface area contributed by atoms with E-state index in [1.165, 1.54) is 0 Å². The van der Waals surface area contributed by atoms with Gasteiger partial charge in [0.1, 0.15) is 5.75 Å². The molecule has 0 aliphatic rings. The van der Waals surface area contributed by atoms with Crippen molar-refractivity contribution in [2.24, 2.45) is 5.92 Å². The summed E-state index contributed by atoms with van der Waals surface area (Å²) in [5.41, 5.74) is 1.82. The molecular weight excluding hydrogens is 294 g/mol. The molecule has 0 unspecified atom stereocenters. The van der Waals surface area contributed by atoms with Crippen LogP contribution in [0.5, 0.6) is 5.75 Å². The fourth-order valence-corrected chi connectivity index (χ4v) is 2.29. The van der Waals surface area contributed by atoms with Crippen molar-refractivity contribution in [1.82, 2.24) is 5.32 Å². The van der Waals surface area contributed by atoms with Crippen LogP contribution in [0, 0.1) is 12.8 Å². The second kappa shape index (κ2) is 7.49. The highest BCUT2D eigenvalue weighted by molar-refractivity contribution is 5.83. The number of carboxylic acid groups (broad SMARTS) is 1. The van der Waals surface area contributed by atoms with E-state index in [4.69, 9.17) is 4.74 Å². The normalized spacial score (nSPS) is 12.8. The SMILES string of the molecule is Cc1cccc(C(C)(C)C)c1OCC(=O)N[C@@H](C(=O)[O-])C(C)C. The molecule has 0 saturated heterocycles. The van der Waals surface area contributed by atoms with E-state index in [1.807, 2.05) is 25.1 Å². The van der Waals surface area contributed by atoms with Crippen LogP contribution in [0.25, 0.3) is 0 Å². The monoisotopic (exact) mass is 320 g/mol. The fraction of sp³-hybridized carbons (Fsp3) is 0.556. The topological polar surface area (TPSA) is 78.5 Å². The summed E-state index contributed by atoms with van der Waals surface area (Å²) >= 11 is 0. The summed E-state index contributed by atoms with van der Waals surface area (Å²) in [4.78, 5) is 23.0. The zero-order valence-electron chi connectivity index (χ0n) is 14.7. The first-order valence-electron chi connectivity index (χ1n) is 7.77. The summed E-state index contributed by atoms with van der Waals surface area (Å²) in [5, 5.41) is 13.5. The van der Waals surface area contributed by atoms with E-state index in [9.17, 15) is 14.7 Å². The summed E-state index contributed by atoms with van der Waals surface area (Å²) in [5.74, 6) is -1.35. The number of rotatable bonds is 6. The molecule has 0 saturated carbocycles. The van der Waals surface area contributed by atoms with Crippen molar-refractivity contribution in [3.05, 3.63) is 29.3 Å². The third kappa shape index (κ3) is 5.27. The molecular formula is C18H26NO4-. The van der Waals surface area contributed by atoms with Gasteiger partial charge in [0.05, 0.1) is 12.0 Å². The number of amides is 1. The third-order valence-electron chi connectivity index (χ3n) is 3.60. The van der Waals surface area contributed by atoms with Crippen molar-refractivity contribution in [3.8, 4) is 5.75 Å². The number of hydrogen-bond donors (Lipinski definition) is 1. The number of hydrogen-bond acceptors (Lipinski definition) is 4. The van der Waals surface area contributed by atoms with Gasteiger partial charge >= 0.3 is 0 Å². The highest BCUT2D eigenvalue weighted by Gasteiger charge is 2.22. The van der Waals surface area contributed by atoms with Crippen molar-refractivity contribution in [2.45, 2.75) is 53.0 Å². The molecule has 0 spiro atoms. The molecule has 0 fully saturated rings. The van der Waals surface area contributed by atoms with Gasteiger partial charge in [0.25, 0.3) is 5.91 Å². The zero-order chi connectivity index (χ0) is 17.8. The first-order valence-corrected chi connectivity index (χ1v) is 7.77. The summed E-state index contributed by atoms with van der Waals surface area (Å²) in [6.45, 7) is 11.3. The molecule has 128 valence electrons. The molecule has 1 aromatic rings. The lowest BCUT2D eigenvalue weighted by Crippen LogP contribution is -2.51. The predicted molar refractivity (Wildman–Crippen MR) is 87.1 cm³/mol. The Kier molecular flexibility index (Phi) is 6.19. The van der Waals surface area contributed by atoms with Crippen LogP contribution >= 0.6 is 0 Å². The maximum Gasteiger partial charge on any atom is 0.258 e.